The smallest absolute Gasteiger partial charge is 0.227 e. The Bertz CT molecular complexity index is 470. The first-order valence-corrected chi connectivity index (χ1v) is 6.38. The quantitative estimate of drug-likeness (QED) is 0.843. The third kappa shape index (κ3) is 3.51. The maximum atomic E-state index is 11.6. The maximum Gasteiger partial charge on any atom is 0.227 e. The number of nitrogens with zero attached hydrogens (tertiary/aromatic N) is 2. The first-order valence-electron chi connectivity index (χ1n) is 6.38. The Balaban J connectivity index is 1.98. The first-order chi connectivity index (χ1) is 9.06. The zero-order chi connectivity index (χ0) is 13.8. The van der Waals surface area contributed by atoms with Crippen LogP contribution in [0.2, 0.25) is 0 Å². The molecule has 1 aromatic heterocycles. The molecular weight excluding hydrogens is 244 g/mol. The summed E-state index contributed by atoms with van der Waals surface area (Å²) in [5.41, 5.74) is 6.31. The molecule has 1 aliphatic rings. The predicted octanol–water partition coefficient (Wildman–Crippen LogP) is 0.884. The normalized spacial score (nSPS) is 16.5. The van der Waals surface area contributed by atoms with Gasteiger partial charge in [-0.3, -0.25) is 9.59 Å². The Morgan fingerprint density at radius 1 is 1.58 bits per heavy atom. The number of anilines is 2. The maximum absolute atomic E-state index is 11.6. The first kappa shape index (κ1) is 13.5. The number of carbonyl (C=O) groups excluding carboxylic acids is 2. The topological polar surface area (TPSA) is 88.3 Å². The summed E-state index contributed by atoms with van der Waals surface area (Å²) < 4.78 is 0. The fourth-order valence-electron chi connectivity index (χ4n) is 2.03. The van der Waals surface area contributed by atoms with Gasteiger partial charge in [0.2, 0.25) is 11.8 Å². The highest BCUT2D eigenvalue weighted by atomic mass is 16.2. The molecule has 2 rings (SSSR count). The van der Waals surface area contributed by atoms with Crippen molar-refractivity contribution in [2.24, 2.45) is 5.73 Å². The van der Waals surface area contributed by atoms with Crippen molar-refractivity contribution < 1.29 is 9.59 Å². The molecule has 19 heavy (non-hydrogen) atoms. The van der Waals surface area contributed by atoms with Crippen LogP contribution >= 0.6 is 0 Å². The van der Waals surface area contributed by atoms with E-state index >= 15 is 0 Å². The summed E-state index contributed by atoms with van der Waals surface area (Å²) in [6.07, 6.45) is 3.33. The average Bonchev–Trinajstić information content (AvgIpc) is 2.75. The molecule has 3 N–H and O–H groups in total. The second-order valence-electron chi connectivity index (χ2n) is 4.78. The van der Waals surface area contributed by atoms with Gasteiger partial charge >= 0.3 is 0 Å². The van der Waals surface area contributed by atoms with E-state index < -0.39 is 0 Å². The minimum Gasteiger partial charge on any atom is -0.327 e. The molecule has 2 heterocycles. The molecule has 0 aromatic carbocycles. The number of pyridine rings is 1. The van der Waals surface area contributed by atoms with Crippen molar-refractivity contribution in [3.8, 4) is 0 Å². The zero-order valence-corrected chi connectivity index (χ0v) is 10.9. The summed E-state index contributed by atoms with van der Waals surface area (Å²) in [7, 11) is 0. The Kier molecular flexibility index (Phi) is 4.11. The third-order valence-corrected chi connectivity index (χ3v) is 2.91. The fraction of sp³-hybridized carbons (Fsp3) is 0.462. The molecule has 1 aliphatic heterocycles. The van der Waals surface area contributed by atoms with Gasteiger partial charge in [0.25, 0.3) is 0 Å². The van der Waals surface area contributed by atoms with Gasteiger partial charge in [-0.2, -0.15) is 0 Å². The van der Waals surface area contributed by atoms with Crippen LogP contribution in [0.5, 0.6) is 0 Å². The monoisotopic (exact) mass is 262 g/mol. The van der Waals surface area contributed by atoms with Gasteiger partial charge in [-0.25, -0.2) is 4.98 Å². The van der Waals surface area contributed by atoms with Crippen LogP contribution in [0.3, 0.4) is 0 Å². The van der Waals surface area contributed by atoms with Crippen molar-refractivity contribution in [3.63, 3.8) is 0 Å². The number of nitrogens with one attached hydrogen (secondary N) is 1. The Labute approximate surface area is 112 Å². The van der Waals surface area contributed by atoms with Gasteiger partial charge in [-0.15, -0.1) is 0 Å². The predicted molar refractivity (Wildman–Crippen MR) is 72.7 cm³/mol. The molecule has 1 aromatic rings. The minimum atomic E-state index is -0.179. The second-order valence-corrected chi connectivity index (χ2v) is 4.78. The number of amides is 2. The molecule has 6 nitrogen and oxygen atoms in total. The summed E-state index contributed by atoms with van der Waals surface area (Å²) in [6, 6.07) is 3.30. The highest BCUT2D eigenvalue weighted by Gasteiger charge is 2.21. The van der Waals surface area contributed by atoms with Crippen molar-refractivity contribution in [3.05, 3.63) is 18.3 Å². The Morgan fingerprint density at radius 3 is 2.89 bits per heavy atom. The number of aromatic nitrogens is 1. The third-order valence-electron chi connectivity index (χ3n) is 2.91. The van der Waals surface area contributed by atoms with Gasteiger partial charge in [-0.1, -0.05) is 0 Å². The van der Waals surface area contributed by atoms with E-state index in [4.69, 9.17) is 5.73 Å². The average molecular weight is 262 g/mol. The molecule has 2 amide bonds. The lowest BCUT2D eigenvalue weighted by Gasteiger charge is -2.15. The minimum absolute atomic E-state index is 0.121. The Morgan fingerprint density at radius 2 is 2.37 bits per heavy atom. The molecule has 102 valence electrons. The standard InChI is InChI=1S/C13H18N4O2/c1-9(14)7-12(18)16-11-5-4-10(8-15-11)17-6-2-3-13(17)19/h4-5,8-9H,2-3,6-7,14H2,1H3,(H,15,16,18). The van der Waals surface area contributed by atoms with Crippen LogP contribution in [-0.4, -0.2) is 29.4 Å². The van der Waals surface area contributed by atoms with Gasteiger partial charge in [0, 0.05) is 25.4 Å². The summed E-state index contributed by atoms with van der Waals surface area (Å²) in [6.45, 7) is 2.51. The van der Waals surface area contributed by atoms with E-state index in [-0.39, 0.29) is 24.3 Å². The van der Waals surface area contributed by atoms with Crippen LogP contribution in [0, 0.1) is 0 Å². The summed E-state index contributed by atoms with van der Waals surface area (Å²) in [5, 5.41) is 2.67. The van der Waals surface area contributed by atoms with Crippen LogP contribution in [0.15, 0.2) is 18.3 Å². The van der Waals surface area contributed by atoms with E-state index in [1.165, 1.54) is 0 Å². The SMILES string of the molecule is CC(N)CC(=O)Nc1ccc(N2CCCC2=O)cn1. The van der Waals surface area contributed by atoms with Crippen LogP contribution in [-0.2, 0) is 9.59 Å². The summed E-state index contributed by atoms with van der Waals surface area (Å²) in [4.78, 5) is 28.9. The van der Waals surface area contributed by atoms with Crippen molar-refractivity contribution in [2.75, 3.05) is 16.8 Å². The number of hydrogen-bond donors (Lipinski definition) is 2. The lowest BCUT2D eigenvalue weighted by atomic mass is 10.2. The molecule has 0 aliphatic carbocycles. The fourth-order valence-corrected chi connectivity index (χ4v) is 2.03. The van der Waals surface area contributed by atoms with E-state index in [2.05, 4.69) is 10.3 Å². The van der Waals surface area contributed by atoms with E-state index in [0.29, 0.717) is 12.2 Å². The van der Waals surface area contributed by atoms with Gasteiger partial charge in [0.15, 0.2) is 0 Å². The second kappa shape index (κ2) is 5.79. The number of rotatable bonds is 4. The van der Waals surface area contributed by atoms with E-state index in [1.807, 2.05) is 0 Å². The Hall–Kier alpha value is -1.95. The molecule has 1 saturated heterocycles. The zero-order valence-electron chi connectivity index (χ0n) is 10.9. The molecule has 1 unspecified atom stereocenters. The lowest BCUT2D eigenvalue weighted by molar-refractivity contribution is -0.117. The van der Waals surface area contributed by atoms with E-state index in [1.54, 1.807) is 30.2 Å². The highest BCUT2D eigenvalue weighted by molar-refractivity contribution is 5.95. The molecule has 0 radical (unpaired) electrons. The van der Waals surface area contributed by atoms with Crippen LogP contribution in [0.1, 0.15) is 26.2 Å². The number of hydrogen-bond acceptors (Lipinski definition) is 4. The summed E-state index contributed by atoms with van der Waals surface area (Å²) in [5.74, 6) is 0.434. The highest BCUT2D eigenvalue weighted by Crippen LogP contribution is 2.21. The lowest BCUT2D eigenvalue weighted by Crippen LogP contribution is -2.25. The van der Waals surface area contributed by atoms with Gasteiger partial charge in [0.1, 0.15) is 5.82 Å². The molecule has 0 bridgehead atoms. The van der Waals surface area contributed by atoms with Crippen LogP contribution < -0.4 is 16.0 Å². The van der Waals surface area contributed by atoms with E-state index in [0.717, 1.165) is 18.7 Å². The summed E-state index contributed by atoms with van der Waals surface area (Å²) >= 11 is 0. The van der Waals surface area contributed by atoms with Gasteiger partial charge < -0.3 is 16.0 Å². The van der Waals surface area contributed by atoms with Gasteiger partial charge in [0.05, 0.1) is 11.9 Å². The number of nitrogens with two attached hydrogens (primary N) is 1. The van der Waals surface area contributed by atoms with E-state index in [9.17, 15) is 9.59 Å². The molecular formula is C13H18N4O2. The molecule has 6 heteroatoms. The number of carbonyl (C=O) groups is 2. The van der Waals surface area contributed by atoms with Crippen LogP contribution in [0.25, 0.3) is 0 Å². The van der Waals surface area contributed by atoms with Crippen LogP contribution in [0.4, 0.5) is 11.5 Å². The van der Waals surface area contributed by atoms with Crippen molar-refractivity contribution in [1.29, 1.82) is 0 Å². The van der Waals surface area contributed by atoms with Crippen molar-refractivity contribution in [1.82, 2.24) is 4.98 Å². The van der Waals surface area contributed by atoms with Gasteiger partial charge in [-0.05, 0) is 25.5 Å². The largest absolute Gasteiger partial charge is 0.327 e. The molecule has 0 spiro atoms. The molecule has 0 saturated carbocycles. The van der Waals surface area contributed by atoms with Crippen molar-refractivity contribution in [2.45, 2.75) is 32.2 Å². The molecule has 1 atom stereocenters. The van der Waals surface area contributed by atoms with Crippen molar-refractivity contribution >= 4 is 23.3 Å². The molecule has 1 fully saturated rings.